The molecule has 0 saturated heterocycles. The number of ether oxygens (including phenoxy) is 2. The van der Waals surface area contributed by atoms with Crippen molar-refractivity contribution in [3.63, 3.8) is 0 Å². The Morgan fingerprint density at radius 1 is 1.30 bits per heavy atom. The number of hydrogen-bond acceptors (Lipinski definition) is 5. The molecule has 2 aromatic carbocycles. The van der Waals surface area contributed by atoms with Crippen molar-refractivity contribution in [2.45, 2.75) is 25.0 Å². The average Bonchev–Trinajstić information content (AvgIpc) is 2.85. The fourth-order valence-electron chi connectivity index (χ4n) is 3.78. The Morgan fingerprint density at radius 3 is 2.74 bits per heavy atom. The molecule has 0 bridgehead atoms. The lowest BCUT2D eigenvalue weighted by atomic mass is 9.81. The van der Waals surface area contributed by atoms with E-state index < -0.39 is 11.4 Å². The molecule has 2 unspecified atom stereocenters. The monoisotopic (exact) mass is 369 g/mol. The van der Waals surface area contributed by atoms with E-state index in [9.17, 15) is 9.18 Å². The van der Waals surface area contributed by atoms with Crippen LogP contribution in [-0.2, 0) is 10.3 Å². The number of fused-ring (bicyclic) bond motifs is 2. The van der Waals surface area contributed by atoms with Crippen molar-refractivity contribution in [2.24, 2.45) is 10.7 Å². The molecule has 6 nitrogen and oxygen atoms in total. The number of carbonyl (C=O) groups excluding carboxylic acids is 1. The number of carbonyl (C=O) groups is 1. The molecular weight excluding hydrogens is 349 g/mol. The Bertz CT molecular complexity index is 975. The van der Waals surface area contributed by atoms with Crippen LogP contribution in [0.2, 0.25) is 0 Å². The van der Waals surface area contributed by atoms with E-state index in [4.69, 9.17) is 15.2 Å². The Labute approximate surface area is 156 Å². The largest absolute Gasteiger partial charge is 0.497 e. The number of benzene rings is 2. The van der Waals surface area contributed by atoms with Crippen LogP contribution < -0.4 is 15.2 Å². The zero-order valence-electron chi connectivity index (χ0n) is 15.3. The van der Waals surface area contributed by atoms with Crippen molar-refractivity contribution >= 4 is 11.9 Å². The quantitative estimate of drug-likeness (QED) is 0.883. The molecule has 140 valence electrons. The highest BCUT2D eigenvalue weighted by atomic mass is 19.1. The molecule has 2 aliphatic heterocycles. The number of amides is 1. The van der Waals surface area contributed by atoms with Gasteiger partial charge < -0.3 is 15.2 Å². The highest BCUT2D eigenvalue weighted by Gasteiger charge is 2.52. The van der Waals surface area contributed by atoms with E-state index >= 15 is 0 Å². The molecule has 0 saturated carbocycles. The number of halogens is 1. The van der Waals surface area contributed by atoms with Crippen LogP contribution in [-0.4, -0.2) is 37.0 Å². The van der Waals surface area contributed by atoms with E-state index in [-0.39, 0.29) is 18.0 Å². The van der Waals surface area contributed by atoms with Crippen molar-refractivity contribution in [3.8, 4) is 22.6 Å². The molecule has 0 aliphatic carbocycles. The molecule has 1 amide bonds. The minimum Gasteiger partial charge on any atom is -0.497 e. The Hall–Kier alpha value is -3.09. The lowest BCUT2D eigenvalue weighted by Crippen LogP contribution is -2.45. The summed E-state index contributed by atoms with van der Waals surface area (Å²) in [6.07, 6.45) is 0.199. The van der Waals surface area contributed by atoms with Gasteiger partial charge in [0.05, 0.1) is 13.2 Å². The normalized spacial score (nSPS) is 23.9. The van der Waals surface area contributed by atoms with Gasteiger partial charge in [-0.2, -0.15) is 0 Å². The first kappa shape index (κ1) is 17.3. The van der Waals surface area contributed by atoms with Crippen LogP contribution in [0.3, 0.4) is 0 Å². The van der Waals surface area contributed by atoms with Gasteiger partial charge in [-0.15, -0.1) is 0 Å². The summed E-state index contributed by atoms with van der Waals surface area (Å²) in [6.45, 7) is 1.90. The number of rotatable bonds is 2. The molecule has 0 aromatic heterocycles. The van der Waals surface area contributed by atoms with Gasteiger partial charge in [0.15, 0.2) is 11.5 Å². The van der Waals surface area contributed by atoms with E-state index in [0.717, 1.165) is 5.56 Å². The number of nitrogens with zero attached hydrogens (tertiary/aromatic N) is 2. The predicted octanol–water partition coefficient (Wildman–Crippen LogP) is 2.65. The lowest BCUT2D eigenvalue weighted by molar-refractivity contribution is -0.132. The second-order valence-electron chi connectivity index (χ2n) is 6.92. The van der Waals surface area contributed by atoms with Gasteiger partial charge in [0.2, 0.25) is 0 Å². The van der Waals surface area contributed by atoms with E-state index in [1.54, 1.807) is 19.2 Å². The predicted molar refractivity (Wildman–Crippen MR) is 99.2 cm³/mol. The fraction of sp³-hybridized carbons (Fsp3) is 0.300. The second kappa shape index (κ2) is 5.97. The van der Waals surface area contributed by atoms with Crippen LogP contribution in [0.4, 0.5) is 4.39 Å². The topological polar surface area (TPSA) is 77.2 Å². The van der Waals surface area contributed by atoms with Crippen molar-refractivity contribution in [1.82, 2.24) is 4.90 Å². The van der Waals surface area contributed by atoms with Crippen LogP contribution >= 0.6 is 0 Å². The molecule has 1 spiro atoms. The van der Waals surface area contributed by atoms with E-state index in [0.29, 0.717) is 29.0 Å². The van der Waals surface area contributed by atoms with Crippen LogP contribution in [0.1, 0.15) is 18.9 Å². The van der Waals surface area contributed by atoms with Gasteiger partial charge in [-0.05, 0) is 42.3 Å². The first-order chi connectivity index (χ1) is 12.8. The van der Waals surface area contributed by atoms with Crippen LogP contribution in [0.15, 0.2) is 41.4 Å². The molecule has 2 N–H and O–H groups in total. The summed E-state index contributed by atoms with van der Waals surface area (Å²) in [4.78, 5) is 18.9. The summed E-state index contributed by atoms with van der Waals surface area (Å²) < 4.78 is 25.0. The standard InChI is InChI=1S/C20H20FN3O3/c1-11-10-20(18(25)24(2)19(22)23-20)16-8-12(4-5-17(16)27-11)13-6-14(21)9-15(7-13)26-3/h4-9,11H,10H2,1-3H3,(H2,22,23). The van der Waals surface area contributed by atoms with Gasteiger partial charge in [-0.3, -0.25) is 9.69 Å². The number of nitrogens with two attached hydrogens (primary N) is 1. The summed E-state index contributed by atoms with van der Waals surface area (Å²) in [5.41, 5.74) is 6.83. The Kier molecular flexibility index (Phi) is 3.83. The lowest BCUT2D eigenvalue weighted by Gasteiger charge is -2.35. The minimum absolute atomic E-state index is 0.179. The summed E-state index contributed by atoms with van der Waals surface area (Å²) in [7, 11) is 3.09. The zero-order chi connectivity index (χ0) is 19.3. The fourth-order valence-corrected chi connectivity index (χ4v) is 3.78. The molecule has 2 atom stereocenters. The van der Waals surface area contributed by atoms with Crippen LogP contribution in [0.5, 0.6) is 11.5 Å². The van der Waals surface area contributed by atoms with Crippen molar-refractivity contribution < 1.29 is 18.7 Å². The molecule has 27 heavy (non-hydrogen) atoms. The van der Waals surface area contributed by atoms with Crippen molar-refractivity contribution in [3.05, 3.63) is 47.8 Å². The van der Waals surface area contributed by atoms with Crippen LogP contribution in [0.25, 0.3) is 11.1 Å². The number of likely N-dealkylation sites (N-methyl/N-ethyl adjacent to an activating group) is 1. The summed E-state index contributed by atoms with van der Waals surface area (Å²) in [5.74, 6) is 0.589. The maximum absolute atomic E-state index is 13.9. The average molecular weight is 369 g/mol. The zero-order valence-corrected chi connectivity index (χ0v) is 15.3. The number of aliphatic imine (C=N–C) groups is 1. The maximum atomic E-state index is 13.9. The summed E-state index contributed by atoms with van der Waals surface area (Å²) in [6, 6.07) is 9.91. The Morgan fingerprint density at radius 2 is 2.07 bits per heavy atom. The molecule has 0 fully saturated rings. The highest BCUT2D eigenvalue weighted by Crippen LogP contribution is 2.47. The third kappa shape index (κ3) is 2.61. The molecule has 4 rings (SSSR count). The third-order valence-electron chi connectivity index (χ3n) is 5.08. The first-order valence-corrected chi connectivity index (χ1v) is 8.63. The molecule has 2 aliphatic rings. The first-order valence-electron chi connectivity index (χ1n) is 8.63. The smallest absolute Gasteiger partial charge is 0.261 e. The van der Waals surface area contributed by atoms with Gasteiger partial charge in [-0.1, -0.05) is 6.07 Å². The van der Waals surface area contributed by atoms with Crippen LogP contribution in [0, 0.1) is 5.82 Å². The Balaban J connectivity index is 1.89. The number of hydrogen-bond donors (Lipinski definition) is 1. The van der Waals surface area contributed by atoms with Gasteiger partial charge in [0.25, 0.3) is 5.91 Å². The van der Waals surface area contributed by atoms with Gasteiger partial charge >= 0.3 is 0 Å². The van der Waals surface area contributed by atoms with Crippen molar-refractivity contribution in [1.29, 1.82) is 0 Å². The molecule has 7 heteroatoms. The maximum Gasteiger partial charge on any atom is 0.261 e. The molecule has 0 radical (unpaired) electrons. The van der Waals surface area contributed by atoms with E-state index in [2.05, 4.69) is 4.99 Å². The van der Waals surface area contributed by atoms with Gasteiger partial charge in [0.1, 0.15) is 17.3 Å². The third-order valence-corrected chi connectivity index (χ3v) is 5.08. The SMILES string of the molecule is COc1cc(F)cc(-c2ccc3c(c2)C2(CC(C)O3)N=C(N)N(C)C2=O)c1. The molecular formula is C20H20FN3O3. The van der Waals surface area contributed by atoms with E-state index in [1.165, 1.54) is 24.1 Å². The van der Waals surface area contributed by atoms with Gasteiger partial charge in [-0.25, -0.2) is 9.38 Å². The molecule has 2 aromatic rings. The minimum atomic E-state index is -1.11. The molecule has 2 heterocycles. The second-order valence-corrected chi connectivity index (χ2v) is 6.92. The highest BCUT2D eigenvalue weighted by molar-refractivity contribution is 6.07. The van der Waals surface area contributed by atoms with Gasteiger partial charge in [0, 0.05) is 25.1 Å². The summed E-state index contributed by atoms with van der Waals surface area (Å²) >= 11 is 0. The van der Waals surface area contributed by atoms with E-state index in [1.807, 2.05) is 19.1 Å². The number of methoxy groups -OCH3 is 1. The number of guanidine groups is 1. The summed E-state index contributed by atoms with van der Waals surface area (Å²) in [5, 5.41) is 0. The van der Waals surface area contributed by atoms with Crippen molar-refractivity contribution in [2.75, 3.05) is 14.2 Å².